The molecule has 1 heteroatoms. The Bertz CT molecular complexity index is 3130. The van der Waals surface area contributed by atoms with Gasteiger partial charge >= 0.3 is 0 Å². The molecule has 0 aliphatic carbocycles. The van der Waals surface area contributed by atoms with Gasteiger partial charge in [-0.1, -0.05) is 152 Å². The molecule has 0 aliphatic rings. The number of nitrogens with zero attached hydrogens (tertiary/aromatic N) is 1. The summed E-state index contributed by atoms with van der Waals surface area (Å²) >= 11 is 0. The number of hydrogen-bond acceptors (Lipinski definition) is 0. The van der Waals surface area contributed by atoms with E-state index in [2.05, 4.69) is 193 Å². The second-order valence-electron chi connectivity index (χ2n) is 13.6. The lowest BCUT2D eigenvalue weighted by Gasteiger charge is -2.19. The van der Waals surface area contributed by atoms with Crippen LogP contribution in [-0.2, 0) is 0 Å². The van der Waals surface area contributed by atoms with Gasteiger partial charge in [-0.25, -0.2) is 0 Å². The highest BCUT2D eigenvalue weighted by Crippen LogP contribution is 2.46. The minimum atomic E-state index is 1.16. The summed E-state index contributed by atoms with van der Waals surface area (Å²) in [6.07, 6.45) is 0. The molecule has 0 atom stereocenters. The van der Waals surface area contributed by atoms with Gasteiger partial charge in [0.15, 0.2) is 0 Å². The Hall–Kier alpha value is -6.70. The zero-order chi connectivity index (χ0) is 33.5. The number of fused-ring (bicyclic) bond motifs is 11. The number of aromatic nitrogens is 1. The van der Waals surface area contributed by atoms with Crippen LogP contribution in [0.1, 0.15) is 0 Å². The van der Waals surface area contributed by atoms with E-state index in [1.165, 1.54) is 97.9 Å². The van der Waals surface area contributed by atoms with Crippen molar-refractivity contribution in [1.82, 2.24) is 4.57 Å². The summed E-state index contributed by atoms with van der Waals surface area (Å²) in [4.78, 5) is 0. The molecule has 10 aromatic carbocycles. The van der Waals surface area contributed by atoms with Gasteiger partial charge in [-0.2, -0.15) is 0 Å². The van der Waals surface area contributed by atoms with E-state index < -0.39 is 0 Å². The predicted molar refractivity (Wildman–Crippen MR) is 219 cm³/mol. The molecule has 0 fully saturated rings. The Balaban J connectivity index is 1.21. The average molecular weight is 646 g/mol. The van der Waals surface area contributed by atoms with Gasteiger partial charge < -0.3 is 4.57 Å². The average Bonchev–Trinajstić information content (AvgIpc) is 3.54. The second kappa shape index (κ2) is 10.9. The van der Waals surface area contributed by atoms with Crippen LogP contribution in [0.2, 0.25) is 0 Å². The highest BCUT2D eigenvalue weighted by molar-refractivity contribution is 6.33. The molecule has 11 aromatic rings. The maximum absolute atomic E-state index is 2.46. The van der Waals surface area contributed by atoms with E-state index in [1.807, 2.05) is 0 Å². The van der Waals surface area contributed by atoms with Crippen molar-refractivity contribution in [2.75, 3.05) is 0 Å². The fraction of sp³-hybridized carbons (Fsp3) is 0. The Morgan fingerprint density at radius 1 is 0.294 bits per heavy atom. The van der Waals surface area contributed by atoms with Gasteiger partial charge in [-0.15, -0.1) is 0 Å². The largest absolute Gasteiger partial charge is 0.309 e. The van der Waals surface area contributed by atoms with Gasteiger partial charge in [0, 0.05) is 16.5 Å². The van der Waals surface area contributed by atoms with Crippen LogP contribution in [0.3, 0.4) is 0 Å². The van der Waals surface area contributed by atoms with Crippen LogP contribution in [0.25, 0.3) is 104 Å². The Labute approximate surface area is 295 Å². The monoisotopic (exact) mass is 645 g/mol. The number of para-hydroxylation sites is 2. The molecular weight excluding hydrogens is 615 g/mol. The van der Waals surface area contributed by atoms with Crippen molar-refractivity contribution in [2.24, 2.45) is 0 Å². The smallest absolute Gasteiger partial charge is 0.0541 e. The minimum absolute atomic E-state index is 1.16. The number of rotatable bonds is 3. The van der Waals surface area contributed by atoms with Crippen molar-refractivity contribution in [1.29, 1.82) is 0 Å². The normalized spacial score (nSPS) is 11.9. The zero-order valence-corrected chi connectivity index (χ0v) is 27.8. The van der Waals surface area contributed by atoms with Crippen molar-refractivity contribution in [2.45, 2.75) is 0 Å². The third-order valence-electron chi connectivity index (χ3n) is 10.9. The lowest BCUT2D eigenvalue weighted by atomic mass is 9.84. The molecule has 0 saturated carbocycles. The van der Waals surface area contributed by atoms with Crippen LogP contribution in [0.4, 0.5) is 0 Å². The second-order valence-corrected chi connectivity index (χ2v) is 13.6. The molecule has 0 N–H and O–H groups in total. The summed E-state index contributed by atoms with van der Waals surface area (Å²) < 4.78 is 2.39. The third kappa shape index (κ3) is 4.16. The van der Waals surface area contributed by atoms with E-state index in [4.69, 9.17) is 0 Å². The van der Waals surface area contributed by atoms with Crippen molar-refractivity contribution in [3.8, 4) is 27.9 Å². The van der Waals surface area contributed by atoms with Crippen LogP contribution in [0.15, 0.2) is 188 Å². The summed E-state index contributed by atoms with van der Waals surface area (Å²) in [7, 11) is 0. The van der Waals surface area contributed by atoms with Crippen molar-refractivity contribution >= 4 is 75.7 Å². The van der Waals surface area contributed by atoms with Gasteiger partial charge in [0.05, 0.1) is 11.0 Å². The predicted octanol–water partition coefficient (Wildman–Crippen LogP) is 13.9. The number of benzene rings is 10. The fourth-order valence-corrected chi connectivity index (χ4v) is 8.69. The maximum atomic E-state index is 2.46. The number of hydrogen-bond donors (Lipinski definition) is 0. The van der Waals surface area contributed by atoms with Crippen LogP contribution in [0.5, 0.6) is 0 Å². The van der Waals surface area contributed by atoms with E-state index in [1.54, 1.807) is 0 Å². The topological polar surface area (TPSA) is 4.93 Å². The van der Waals surface area contributed by atoms with Crippen LogP contribution in [-0.4, -0.2) is 4.57 Å². The van der Waals surface area contributed by atoms with Crippen LogP contribution >= 0.6 is 0 Å². The standard InChI is InChI=1S/C50H31N/c1-2-13-34-30-35(25-24-32(34)12-1)49-44-21-11-20-37(45(44)31-46-40-16-4-3-14-38(40)39-15-5-6-19-43(39)50(46)49)33-26-28-36(29-27-33)51-47-22-9-7-17-41(47)42-18-8-10-23-48(42)51/h1-31H. The highest BCUT2D eigenvalue weighted by atomic mass is 15.0. The minimum Gasteiger partial charge on any atom is -0.309 e. The molecular formula is C50H31N. The van der Waals surface area contributed by atoms with Gasteiger partial charge in [-0.05, 0) is 113 Å². The molecule has 1 aromatic heterocycles. The molecule has 0 saturated heterocycles. The maximum Gasteiger partial charge on any atom is 0.0541 e. The highest BCUT2D eigenvalue weighted by Gasteiger charge is 2.19. The summed E-state index contributed by atoms with van der Waals surface area (Å²) in [5.74, 6) is 0. The first-order chi connectivity index (χ1) is 25.3. The molecule has 0 bridgehead atoms. The lowest BCUT2D eigenvalue weighted by Crippen LogP contribution is -1.94. The van der Waals surface area contributed by atoms with Crippen molar-refractivity contribution in [3.63, 3.8) is 0 Å². The van der Waals surface area contributed by atoms with Gasteiger partial charge in [-0.3, -0.25) is 0 Å². The van der Waals surface area contributed by atoms with Crippen molar-refractivity contribution in [3.05, 3.63) is 188 Å². The SMILES string of the molecule is c1ccc2cc(-c3c4cccc(-c5ccc(-n6c7ccccc7c7ccccc76)cc5)c4cc4c5ccccc5c5ccccc5c34)ccc2c1. The lowest BCUT2D eigenvalue weighted by molar-refractivity contribution is 1.18. The Morgan fingerprint density at radius 3 is 1.53 bits per heavy atom. The fourth-order valence-electron chi connectivity index (χ4n) is 8.69. The molecule has 0 aliphatic heterocycles. The molecule has 0 radical (unpaired) electrons. The van der Waals surface area contributed by atoms with E-state index in [9.17, 15) is 0 Å². The first-order valence-corrected chi connectivity index (χ1v) is 17.7. The van der Waals surface area contributed by atoms with Gasteiger partial charge in [0.1, 0.15) is 0 Å². The van der Waals surface area contributed by atoms with Crippen molar-refractivity contribution < 1.29 is 0 Å². The quantitative estimate of drug-likeness (QED) is 0.133. The first kappa shape index (κ1) is 28.2. The summed E-state index contributed by atoms with van der Waals surface area (Å²) in [5.41, 5.74) is 8.59. The van der Waals surface area contributed by atoms with E-state index in [0.29, 0.717) is 0 Å². The summed E-state index contributed by atoms with van der Waals surface area (Å²) in [6.45, 7) is 0. The molecule has 0 amide bonds. The molecule has 0 unspecified atom stereocenters. The van der Waals surface area contributed by atoms with Crippen LogP contribution in [0, 0.1) is 0 Å². The molecule has 11 rings (SSSR count). The van der Waals surface area contributed by atoms with E-state index in [0.717, 1.165) is 5.69 Å². The molecule has 236 valence electrons. The van der Waals surface area contributed by atoms with E-state index >= 15 is 0 Å². The van der Waals surface area contributed by atoms with Crippen LogP contribution < -0.4 is 0 Å². The Kier molecular flexibility index (Phi) is 6.02. The molecule has 1 heterocycles. The summed E-state index contributed by atoms with van der Waals surface area (Å²) in [5, 5.41) is 15.3. The third-order valence-corrected chi connectivity index (χ3v) is 10.9. The Morgan fingerprint density at radius 2 is 0.824 bits per heavy atom. The molecule has 1 nitrogen and oxygen atoms in total. The van der Waals surface area contributed by atoms with Gasteiger partial charge in [0.2, 0.25) is 0 Å². The van der Waals surface area contributed by atoms with Gasteiger partial charge in [0.25, 0.3) is 0 Å². The first-order valence-electron chi connectivity index (χ1n) is 17.7. The summed E-state index contributed by atoms with van der Waals surface area (Å²) in [6, 6.07) is 69.4. The van der Waals surface area contributed by atoms with E-state index in [-0.39, 0.29) is 0 Å². The molecule has 0 spiro atoms. The zero-order valence-electron chi connectivity index (χ0n) is 27.8. The molecule has 51 heavy (non-hydrogen) atoms.